The van der Waals surface area contributed by atoms with Crippen LogP contribution in [0.3, 0.4) is 0 Å². The molecule has 1 aromatic rings. The van der Waals surface area contributed by atoms with Gasteiger partial charge in [0, 0.05) is 4.47 Å². The van der Waals surface area contributed by atoms with Gasteiger partial charge in [-0.1, -0.05) is 34.1 Å². The van der Waals surface area contributed by atoms with Crippen molar-refractivity contribution >= 4 is 33.4 Å². The summed E-state index contributed by atoms with van der Waals surface area (Å²) in [6.07, 6.45) is 3.32. The summed E-state index contributed by atoms with van der Waals surface area (Å²) in [5, 5.41) is 0. The molecule has 0 spiro atoms. The molecule has 4 atom stereocenters. The monoisotopic (exact) mass is 333 g/mol. The molecule has 2 bridgehead atoms. The zero-order valence-electron chi connectivity index (χ0n) is 10.7. The van der Waals surface area contributed by atoms with Crippen LogP contribution in [0.5, 0.6) is 0 Å². The highest BCUT2D eigenvalue weighted by Crippen LogP contribution is 2.46. The van der Waals surface area contributed by atoms with E-state index in [-0.39, 0.29) is 35.9 Å². The number of aryl methyl sites for hydroxylation is 1. The summed E-state index contributed by atoms with van der Waals surface area (Å²) in [6.45, 7) is 1.97. The highest BCUT2D eigenvalue weighted by molar-refractivity contribution is 9.10. The molecular formula is C15H12BrNO3. The fourth-order valence-electron chi connectivity index (χ4n) is 3.28. The summed E-state index contributed by atoms with van der Waals surface area (Å²) in [4.78, 5) is 26.4. The van der Waals surface area contributed by atoms with E-state index in [9.17, 15) is 9.59 Å². The lowest BCUT2D eigenvalue weighted by molar-refractivity contribution is -0.124. The van der Waals surface area contributed by atoms with Crippen LogP contribution in [0.1, 0.15) is 5.56 Å². The van der Waals surface area contributed by atoms with Crippen molar-refractivity contribution < 1.29 is 14.3 Å². The number of fused-ring (bicyclic) bond motifs is 5. The van der Waals surface area contributed by atoms with Gasteiger partial charge < -0.3 is 4.74 Å². The van der Waals surface area contributed by atoms with Crippen LogP contribution in [0.2, 0.25) is 0 Å². The van der Waals surface area contributed by atoms with E-state index in [4.69, 9.17) is 4.74 Å². The van der Waals surface area contributed by atoms with E-state index in [1.54, 1.807) is 0 Å². The van der Waals surface area contributed by atoms with Crippen LogP contribution in [-0.2, 0) is 14.3 Å². The normalized spacial score (nSPS) is 34.2. The van der Waals surface area contributed by atoms with Gasteiger partial charge >= 0.3 is 0 Å². The lowest BCUT2D eigenvalue weighted by Gasteiger charge is -2.18. The van der Waals surface area contributed by atoms with Gasteiger partial charge in [0.25, 0.3) is 0 Å². The number of ether oxygens (including phenoxy) is 1. The Morgan fingerprint density at radius 3 is 2.25 bits per heavy atom. The van der Waals surface area contributed by atoms with Crippen LogP contribution in [-0.4, -0.2) is 24.0 Å². The Labute approximate surface area is 124 Å². The van der Waals surface area contributed by atoms with Crippen molar-refractivity contribution in [2.75, 3.05) is 4.90 Å². The molecule has 2 fully saturated rings. The molecule has 2 saturated heterocycles. The standard InChI is InChI=1S/C15H12BrNO3/c1-7-2-3-8(6-9(7)16)17-14(18)12-10-4-5-11(20-10)13(12)15(17)19/h2-6,10-13H,1H3. The fraction of sp³-hybridized carbons (Fsp3) is 0.333. The minimum absolute atomic E-state index is 0.146. The van der Waals surface area contributed by atoms with E-state index < -0.39 is 0 Å². The summed E-state index contributed by atoms with van der Waals surface area (Å²) in [6, 6.07) is 5.53. The van der Waals surface area contributed by atoms with Crippen molar-refractivity contribution in [1.29, 1.82) is 0 Å². The summed E-state index contributed by atoms with van der Waals surface area (Å²) < 4.78 is 6.51. The van der Waals surface area contributed by atoms with Gasteiger partial charge in [-0.2, -0.15) is 0 Å². The second kappa shape index (κ2) is 4.02. The molecule has 3 aliphatic rings. The van der Waals surface area contributed by atoms with Gasteiger partial charge in [-0.25, -0.2) is 4.90 Å². The molecule has 0 saturated carbocycles. The number of carbonyl (C=O) groups is 2. The van der Waals surface area contributed by atoms with Crippen LogP contribution < -0.4 is 4.90 Å². The van der Waals surface area contributed by atoms with Gasteiger partial charge in [-0.15, -0.1) is 0 Å². The van der Waals surface area contributed by atoms with Crippen LogP contribution >= 0.6 is 15.9 Å². The third kappa shape index (κ3) is 1.45. The maximum atomic E-state index is 12.6. The summed E-state index contributed by atoms with van der Waals surface area (Å²) in [5.74, 6) is -0.990. The number of hydrogen-bond acceptors (Lipinski definition) is 3. The number of halogens is 1. The molecule has 3 heterocycles. The first kappa shape index (κ1) is 12.3. The quantitative estimate of drug-likeness (QED) is 0.584. The number of hydrogen-bond donors (Lipinski definition) is 0. The lowest BCUT2D eigenvalue weighted by atomic mass is 9.85. The second-order valence-corrected chi connectivity index (χ2v) is 6.30. The van der Waals surface area contributed by atoms with E-state index in [0.717, 1.165) is 10.0 Å². The molecule has 20 heavy (non-hydrogen) atoms. The molecule has 1 aromatic carbocycles. The third-order valence-electron chi connectivity index (χ3n) is 4.32. The first-order valence-corrected chi connectivity index (χ1v) is 7.35. The average molecular weight is 334 g/mol. The van der Waals surface area contributed by atoms with Crippen LogP contribution in [0, 0.1) is 18.8 Å². The summed E-state index contributed by atoms with van der Waals surface area (Å²) >= 11 is 3.44. The van der Waals surface area contributed by atoms with E-state index >= 15 is 0 Å². The predicted octanol–water partition coefficient (Wildman–Crippen LogP) is 2.20. The molecule has 5 heteroatoms. The number of amides is 2. The smallest absolute Gasteiger partial charge is 0.240 e. The summed E-state index contributed by atoms with van der Waals surface area (Å²) in [7, 11) is 0. The number of benzene rings is 1. The van der Waals surface area contributed by atoms with Gasteiger partial charge in [0.1, 0.15) is 0 Å². The van der Waals surface area contributed by atoms with Crippen molar-refractivity contribution in [3.05, 3.63) is 40.4 Å². The second-order valence-electron chi connectivity index (χ2n) is 5.45. The Balaban J connectivity index is 1.76. The third-order valence-corrected chi connectivity index (χ3v) is 5.18. The predicted molar refractivity (Wildman–Crippen MR) is 76.2 cm³/mol. The number of nitrogens with zero attached hydrogens (tertiary/aromatic N) is 1. The molecule has 4 rings (SSSR count). The highest BCUT2D eigenvalue weighted by atomic mass is 79.9. The topological polar surface area (TPSA) is 46.6 Å². The molecule has 0 aromatic heterocycles. The number of anilines is 1. The SMILES string of the molecule is Cc1ccc(N2C(=O)C3C4C=CC(O4)C3C2=O)cc1Br. The van der Waals surface area contributed by atoms with E-state index in [1.165, 1.54) is 4.90 Å². The Kier molecular flexibility index (Phi) is 2.47. The zero-order valence-corrected chi connectivity index (χ0v) is 12.3. The Morgan fingerprint density at radius 2 is 1.70 bits per heavy atom. The van der Waals surface area contributed by atoms with Gasteiger partial charge in [-0.3, -0.25) is 9.59 Å². The van der Waals surface area contributed by atoms with Crippen molar-refractivity contribution in [3.8, 4) is 0 Å². The van der Waals surface area contributed by atoms with E-state index in [2.05, 4.69) is 15.9 Å². The van der Waals surface area contributed by atoms with Gasteiger partial charge in [0.2, 0.25) is 11.8 Å². The highest BCUT2D eigenvalue weighted by Gasteiger charge is 2.60. The number of carbonyl (C=O) groups excluding carboxylic acids is 2. The number of imide groups is 1. The van der Waals surface area contributed by atoms with Crippen LogP contribution in [0.15, 0.2) is 34.8 Å². The van der Waals surface area contributed by atoms with Crippen molar-refractivity contribution in [2.45, 2.75) is 19.1 Å². The molecule has 102 valence electrons. The minimum Gasteiger partial charge on any atom is -0.365 e. The maximum Gasteiger partial charge on any atom is 0.240 e. The Morgan fingerprint density at radius 1 is 1.10 bits per heavy atom. The Bertz CT molecular complexity index is 639. The van der Waals surface area contributed by atoms with E-state index in [1.807, 2.05) is 37.3 Å². The molecule has 3 aliphatic heterocycles. The van der Waals surface area contributed by atoms with Gasteiger partial charge in [-0.05, 0) is 24.6 Å². The minimum atomic E-state index is -0.349. The largest absolute Gasteiger partial charge is 0.365 e. The van der Waals surface area contributed by atoms with E-state index in [0.29, 0.717) is 5.69 Å². The van der Waals surface area contributed by atoms with Crippen molar-refractivity contribution in [3.63, 3.8) is 0 Å². The molecule has 4 nitrogen and oxygen atoms in total. The molecule has 2 amide bonds. The average Bonchev–Trinajstić information content (AvgIpc) is 3.08. The molecular weight excluding hydrogens is 322 g/mol. The zero-order chi connectivity index (χ0) is 14.0. The Hall–Kier alpha value is -1.46. The van der Waals surface area contributed by atoms with Crippen molar-refractivity contribution in [2.24, 2.45) is 11.8 Å². The lowest BCUT2D eigenvalue weighted by Crippen LogP contribution is -2.34. The van der Waals surface area contributed by atoms with Crippen molar-refractivity contribution in [1.82, 2.24) is 0 Å². The first-order valence-electron chi connectivity index (χ1n) is 6.55. The number of rotatable bonds is 1. The molecule has 0 radical (unpaired) electrons. The first-order chi connectivity index (χ1) is 9.58. The van der Waals surface area contributed by atoms with Crippen LogP contribution in [0.4, 0.5) is 5.69 Å². The fourth-order valence-corrected chi connectivity index (χ4v) is 3.65. The molecule has 0 N–H and O–H groups in total. The van der Waals surface area contributed by atoms with Crippen LogP contribution in [0.25, 0.3) is 0 Å². The maximum absolute atomic E-state index is 12.6. The molecule has 4 unspecified atom stereocenters. The summed E-state index contributed by atoms with van der Waals surface area (Å²) in [5.41, 5.74) is 1.70. The van der Waals surface area contributed by atoms with Gasteiger partial charge in [0.05, 0.1) is 29.7 Å². The molecule has 0 aliphatic carbocycles. The van der Waals surface area contributed by atoms with Gasteiger partial charge in [0.15, 0.2) is 0 Å².